The molecule has 0 aliphatic heterocycles. The van der Waals surface area contributed by atoms with E-state index in [9.17, 15) is 9.18 Å². The van der Waals surface area contributed by atoms with E-state index in [1.54, 1.807) is 12.1 Å². The molecule has 5 nitrogen and oxygen atoms in total. The number of amides is 2. The van der Waals surface area contributed by atoms with Gasteiger partial charge in [0.25, 0.3) is 0 Å². The number of hydrogen-bond acceptors (Lipinski definition) is 3. The standard InChI is InChI=1S/C30H36FN3O2/c1-3-4-10-22-15-17-23(18-16-22)32-30(35)33-24-19-20-28(26(31)21-24)36-29-14-9-8-13-27(29)34(2)25-11-6-5-7-12-25/h5-7,11-12,15-21,27,29H,3-4,8-10,13-14H2,1-2H3,(H2,32,33,35)/t27-,29-/m0/s1. The predicted molar refractivity (Wildman–Crippen MR) is 146 cm³/mol. The fraction of sp³-hybridized carbons (Fsp3) is 0.367. The van der Waals surface area contributed by atoms with Gasteiger partial charge in [0.2, 0.25) is 0 Å². The smallest absolute Gasteiger partial charge is 0.323 e. The predicted octanol–water partition coefficient (Wildman–Crippen LogP) is 7.64. The van der Waals surface area contributed by atoms with E-state index in [4.69, 9.17) is 4.74 Å². The van der Waals surface area contributed by atoms with Crippen molar-refractivity contribution in [3.05, 3.63) is 84.2 Å². The van der Waals surface area contributed by atoms with Crippen LogP contribution in [0.3, 0.4) is 0 Å². The molecule has 1 fully saturated rings. The Balaban J connectivity index is 1.35. The van der Waals surface area contributed by atoms with Crippen molar-refractivity contribution in [3.63, 3.8) is 0 Å². The summed E-state index contributed by atoms with van der Waals surface area (Å²) < 4.78 is 21.2. The van der Waals surface area contributed by atoms with Gasteiger partial charge in [0.15, 0.2) is 11.6 Å². The number of carbonyl (C=O) groups is 1. The van der Waals surface area contributed by atoms with Crippen LogP contribution in [0.5, 0.6) is 5.75 Å². The fourth-order valence-corrected chi connectivity index (χ4v) is 4.78. The highest BCUT2D eigenvalue weighted by Crippen LogP contribution is 2.31. The Morgan fingerprint density at radius 2 is 1.67 bits per heavy atom. The Hall–Kier alpha value is -3.54. The number of para-hydroxylation sites is 1. The summed E-state index contributed by atoms with van der Waals surface area (Å²) in [4.78, 5) is 14.7. The van der Waals surface area contributed by atoms with Crippen LogP contribution in [-0.4, -0.2) is 25.2 Å². The molecule has 36 heavy (non-hydrogen) atoms. The van der Waals surface area contributed by atoms with Crippen molar-refractivity contribution in [2.45, 2.75) is 64.0 Å². The average molecular weight is 490 g/mol. The molecule has 4 rings (SSSR count). The SMILES string of the molecule is CCCCc1ccc(NC(=O)Nc2ccc(O[C@H]3CCCC[C@@H]3N(C)c3ccccc3)c(F)c2)cc1. The minimum absolute atomic E-state index is 0.110. The molecule has 2 amide bonds. The number of hydrogen-bond donors (Lipinski definition) is 2. The lowest BCUT2D eigenvalue weighted by Crippen LogP contribution is -2.46. The molecule has 0 bridgehead atoms. The third kappa shape index (κ3) is 6.78. The van der Waals surface area contributed by atoms with Gasteiger partial charge in [0.05, 0.1) is 6.04 Å². The summed E-state index contributed by atoms with van der Waals surface area (Å²) in [5.74, 6) is -0.276. The Morgan fingerprint density at radius 1 is 0.972 bits per heavy atom. The molecule has 2 N–H and O–H groups in total. The topological polar surface area (TPSA) is 53.6 Å². The van der Waals surface area contributed by atoms with Gasteiger partial charge < -0.3 is 20.3 Å². The number of halogens is 1. The van der Waals surface area contributed by atoms with E-state index in [0.717, 1.165) is 50.6 Å². The largest absolute Gasteiger partial charge is 0.485 e. The zero-order valence-electron chi connectivity index (χ0n) is 21.2. The van der Waals surface area contributed by atoms with E-state index in [-0.39, 0.29) is 17.9 Å². The van der Waals surface area contributed by atoms with Crippen LogP contribution in [0.2, 0.25) is 0 Å². The Morgan fingerprint density at radius 3 is 2.39 bits per heavy atom. The molecule has 3 aromatic carbocycles. The Kier molecular flexibility index (Phi) is 8.82. The van der Waals surface area contributed by atoms with E-state index >= 15 is 0 Å². The van der Waals surface area contributed by atoms with E-state index in [1.807, 2.05) is 42.5 Å². The molecule has 0 heterocycles. The molecule has 3 aromatic rings. The van der Waals surface area contributed by atoms with Crippen LogP contribution in [0.1, 0.15) is 51.0 Å². The highest BCUT2D eigenvalue weighted by molar-refractivity contribution is 5.99. The number of carbonyl (C=O) groups excluding carboxylic acids is 1. The maximum atomic E-state index is 15.0. The highest BCUT2D eigenvalue weighted by Gasteiger charge is 2.31. The van der Waals surface area contributed by atoms with Crippen molar-refractivity contribution in [1.82, 2.24) is 0 Å². The number of rotatable bonds is 9. The first-order valence-corrected chi connectivity index (χ1v) is 12.9. The maximum Gasteiger partial charge on any atom is 0.323 e. The lowest BCUT2D eigenvalue weighted by atomic mass is 9.91. The van der Waals surface area contributed by atoms with Crippen molar-refractivity contribution < 1.29 is 13.9 Å². The van der Waals surface area contributed by atoms with E-state index in [2.05, 4.69) is 41.6 Å². The number of likely N-dealkylation sites (N-methyl/N-ethyl adjacent to an activating group) is 1. The molecule has 0 radical (unpaired) electrons. The summed E-state index contributed by atoms with van der Waals surface area (Å²) in [5.41, 5.74) is 3.44. The molecule has 0 unspecified atom stereocenters. The highest BCUT2D eigenvalue weighted by atomic mass is 19.1. The number of aryl methyl sites for hydroxylation is 1. The summed E-state index contributed by atoms with van der Waals surface area (Å²) in [6.45, 7) is 2.17. The summed E-state index contributed by atoms with van der Waals surface area (Å²) in [6, 6.07) is 22.3. The summed E-state index contributed by atoms with van der Waals surface area (Å²) >= 11 is 0. The Bertz CT molecular complexity index is 1120. The summed E-state index contributed by atoms with van der Waals surface area (Å²) in [5, 5.41) is 5.50. The molecule has 1 saturated carbocycles. The van der Waals surface area contributed by atoms with Crippen LogP contribution in [0.25, 0.3) is 0 Å². The number of urea groups is 1. The van der Waals surface area contributed by atoms with Crippen molar-refractivity contribution in [2.24, 2.45) is 0 Å². The lowest BCUT2D eigenvalue weighted by Gasteiger charge is -2.39. The molecule has 190 valence electrons. The second-order valence-corrected chi connectivity index (χ2v) is 9.48. The molecule has 1 aliphatic rings. The number of nitrogens with zero attached hydrogens (tertiary/aromatic N) is 1. The molecule has 0 aromatic heterocycles. The normalized spacial score (nSPS) is 17.3. The molecule has 1 aliphatic carbocycles. The van der Waals surface area contributed by atoms with Gasteiger partial charge in [-0.25, -0.2) is 9.18 Å². The quantitative estimate of drug-likeness (QED) is 0.325. The zero-order chi connectivity index (χ0) is 25.3. The number of nitrogens with one attached hydrogen (secondary N) is 2. The first kappa shape index (κ1) is 25.5. The molecular weight excluding hydrogens is 453 g/mol. The molecule has 0 saturated heterocycles. The van der Waals surface area contributed by atoms with Gasteiger partial charge in [0, 0.05) is 30.2 Å². The summed E-state index contributed by atoms with van der Waals surface area (Å²) in [6.07, 6.45) is 7.27. The van der Waals surface area contributed by atoms with Crippen molar-refractivity contribution in [1.29, 1.82) is 0 Å². The average Bonchev–Trinajstić information content (AvgIpc) is 2.90. The van der Waals surface area contributed by atoms with E-state index in [1.165, 1.54) is 11.6 Å². The number of anilines is 3. The van der Waals surface area contributed by atoms with Gasteiger partial charge in [-0.1, -0.05) is 50.1 Å². The third-order valence-corrected chi connectivity index (χ3v) is 6.83. The maximum absolute atomic E-state index is 15.0. The molecule has 6 heteroatoms. The number of unbranched alkanes of at least 4 members (excludes halogenated alkanes) is 1. The minimum Gasteiger partial charge on any atom is -0.485 e. The molecule has 2 atom stereocenters. The van der Waals surface area contributed by atoms with Gasteiger partial charge in [-0.05, 0) is 74.1 Å². The zero-order valence-corrected chi connectivity index (χ0v) is 21.2. The first-order valence-electron chi connectivity index (χ1n) is 12.9. The van der Waals surface area contributed by atoms with E-state index in [0.29, 0.717) is 11.4 Å². The first-order chi connectivity index (χ1) is 17.5. The van der Waals surface area contributed by atoms with E-state index < -0.39 is 11.8 Å². The van der Waals surface area contributed by atoms with Crippen molar-refractivity contribution in [3.8, 4) is 5.75 Å². The fourth-order valence-electron chi connectivity index (χ4n) is 4.78. The van der Waals surface area contributed by atoms with Crippen LogP contribution < -0.4 is 20.3 Å². The molecular formula is C30H36FN3O2. The second-order valence-electron chi connectivity index (χ2n) is 9.48. The van der Waals surface area contributed by atoms with Gasteiger partial charge in [-0.15, -0.1) is 0 Å². The third-order valence-electron chi connectivity index (χ3n) is 6.83. The van der Waals surface area contributed by atoms with Crippen molar-refractivity contribution >= 4 is 23.1 Å². The lowest BCUT2D eigenvalue weighted by molar-refractivity contribution is 0.124. The minimum atomic E-state index is -0.486. The van der Waals surface area contributed by atoms with Crippen molar-refractivity contribution in [2.75, 3.05) is 22.6 Å². The van der Waals surface area contributed by atoms with Crippen LogP contribution >= 0.6 is 0 Å². The van der Waals surface area contributed by atoms with Crippen LogP contribution in [-0.2, 0) is 6.42 Å². The second kappa shape index (κ2) is 12.4. The monoisotopic (exact) mass is 489 g/mol. The van der Waals surface area contributed by atoms with Gasteiger partial charge >= 0.3 is 6.03 Å². The van der Waals surface area contributed by atoms with Crippen LogP contribution in [0.4, 0.5) is 26.2 Å². The number of benzene rings is 3. The van der Waals surface area contributed by atoms with Crippen LogP contribution in [0, 0.1) is 5.82 Å². The number of ether oxygens (including phenoxy) is 1. The van der Waals surface area contributed by atoms with Gasteiger partial charge in [-0.3, -0.25) is 0 Å². The Labute approximate surface area is 213 Å². The van der Waals surface area contributed by atoms with Gasteiger partial charge in [0.1, 0.15) is 6.10 Å². The summed E-state index contributed by atoms with van der Waals surface area (Å²) in [7, 11) is 2.07. The van der Waals surface area contributed by atoms with Gasteiger partial charge in [-0.2, -0.15) is 0 Å². The molecule has 0 spiro atoms. The van der Waals surface area contributed by atoms with Crippen LogP contribution in [0.15, 0.2) is 72.8 Å².